The van der Waals surface area contributed by atoms with Crippen LogP contribution in [0, 0.1) is 6.92 Å². The van der Waals surface area contributed by atoms with E-state index in [4.69, 9.17) is 0 Å². The maximum atomic E-state index is 4.54. The Balaban J connectivity index is 1.45. The minimum atomic E-state index is 0.661. The first-order valence-corrected chi connectivity index (χ1v) is 8.90. The number of benzene rings is 1. The van der Waals surface area contributed by atoms with Gasteiger partial charge in [0.1, 0.15) is 12.1 Å². The molecule has 0 aliphatic rings. The van der Waals surface area contributed by atoms with Crippen molar-refractivity contribution in [3.63, 3.8) is 0 Å². The van der Waals surface area contributed by atoms with E-state index >= 15 is 0 Å². The van der Waals surface area contributed by atoms with Gasteiger partial charge in [-0.15, -0.1) is 0 Å². The van der Waals surface area contributed by atoms with Crippen LogP contribution in [0.4, 0.5) is 11.5 Å². The van der Waals surface area contributed by atoms with Gasteiger partial charge in [0.05, 0.1) is 5.52 Å². The number of aromatic amines is 2. The zero-order valence-corrected chi connectivity index (χ0v) is 15.1. The van der Waals surface area contributed by atoms with Crippen LogP contribution in [0.25, 0.3) is 33.5 Å². The lowest BCUT2D eigenvalue weighted by Crippen LogP contribution is -1.93. The molecule has 0 bridgehead atoms. The number of aromatic nitrogens is 6. The van der Waals surface area contributed by atoms with Crippen LogP contribution < -0.4 is 5.32 Å². The number of anilines is 2. The van der Waals surface area contributed by atoms with Gasteiger partial charge in [-0.2, -0.15) is 5.10 Å². The Kier molecular flexibility index (Phi) is 3.83. The van der Waals surface area contributed by atoms with Gasteiger partial charge in [0.15, 0.2) is 5.82 Å². The van der Waals surface area contributed by atoms with E-state index in [1.807, 2.05) is 55.7 Å². The average molecular weight is 367 g/mol. The van der Waals surface area contributed by atoms with E-state index in [9.17, 15) is 0 Å². The van der Waals surface area contributed by atoms with Gasteiger partial charge in [0.2, 0.25) is 0 Å². The summed E-state index contributed by atoms with van der Waals surface area (Å²) < 4.78 is 0. The molecular formula is C21H17N7. The van der Waals surface area contributed by atoms with Crippen molar-refractivity contribution in [3.05, 3.63) is 72.9 Å². The smallest absolute Gasteiger partial charge is 0.180 e. The van der Waals surface area contributed by atoms with Gasteiger partial charge in [-0.3, -0.25) is 10.1 Å². The highest BCUT2D eigenvalue weighted by Gasteiger charge is 2.07. The Labute approximate surface area is 160 Å². The van der Waals surface area contributed by atoms with Crippen molar-refractivity contribution in [3.8, 4) is 22.6 Å². The summed E-state index contributed by atoms with van der Waals surface area (Å²) in [6.07, 6.45) is 5.26. The number of nitrogens with zero attached hydrogens (tertiary/aromatic N) is 4. The zero-order chi connectivity index (χ0) is 18.9. The third-order valence-electron chi connectivity index (χ3n) is 4.52. The van der Waals surface area contributed by atoms with Gasteiger partial charge in [0, 0.05) is 52.0 Å². The fourth-order valence-corrected chi connectivity index (χ4v) is 3.19. The number of rotatable bonds is 4. The summed E-state index contributed by atoms with van der Waals surface area (Å²) in [4.78, 5) is 16.5. The monoisotopic (exact) mass is 367 g/mol. The molecule has 28 heavy (non-hydrogen) atoms. The van der Waals surface area contributed by atoms with Crippen molar-refractivity contribution in [2.24, 2.45) is 0 Å². The van der Waals surface area contributed by atoms with Crippen molar-refractivity contribution in [1.29, 1.82) is 0 Å². The van der Waals surface area contributed by atoms with Crippen LogP contribution >= 0.6 is 0 Å². The van der Waals surface area contributed by atoms with E-state index in [2.05, 4.69) is 47.6 Å². The highest BCUT2D eigenvalue weighted by molar-refractivity contribution is 5.87. The second-order valence-corrected chi connectivity index (χ2v) is 6.55. The van der Waals surface area contributed by atoms with Gasteiger partial charge >= 0.3 is 0 Å². The van der Waals surface area contributed by atoms with Crippen molar-refractivity contribution < 1.29 is 0 Å². The van der Waals surface area contributed by atoms with Crippen LogP contribution in [0.2, 0.25) is 0 Å². The van der Waals surface area contributed by atoms with Crippen LogP contribution in [-0.2, 0) is 0 Å². The summed E-state index contributed by atoms with van der Waals surface area (Å²) in [5.74, 6) is 1.42. The molecule has 0 aliphatic heterocycles. The van der Waals surface area contributed by atoms with E-state index in [1.165, 1.54) is 0 Å². The third-order valence-corrected chi connectivity index (χ3v) is 4.52. The minimum Gasteiger partial charge on any atom is -0.354 e. The number of pyridine rings is 2. The average Bonchev–Trinajstić information content (AvgIpc) is 3.38. The van der Waals surface area contributed by atoms with E-state index in [0.29, 0.717) is 5.82 Å². The number of hydrogen-bond acceptors (Lipinski definition) is 5. The van der Waals surface area contributed by atoms with E-state index in [1.54, 1.807) is 6.33 Å². The summed E-state index contributed by atoms with van der Waals surface area (Å²) in [7, 11) is 0. The molecular weight excluding hydrogens is 350 g/mol. The fraction of sp³-hybridized carbons (Fsp3) is 0.0476. The molecule has 7 nitrogen and oxygen atoms in total. The Morgan fingerprint density at radius 2 is 1.89 bits per heavy atom. The summed E-state index contributed by atoms with van der Waals surface area (Å²) >= 11 is 0. The summed E-state index contributed by atoms with van der Waals surface area (Å²) in [6.45, 7) is 1.99. The first-order chi connectivity index (χ1) is 13.7. The van der Waals surface area contributed by atoms with Crippen LogP contribution in [0.15, 0.2) is 67.3 Å². The lowest BCUT2D eigenvalue weighted by molar-refractivity contribution is 1.10. The lowest BCUT2D eigenvalue weighted by atomic mass is 10.1. The molecule has 5 rings (SSSR count). The molecule has 0 fully saturated rings. The van der Waals surface area contributed by atoms with E-state index < -0.39 is 0 Å². The second kappa shape index (κ2) is 6.62. The van der Waals surface area contributed by atoms with Gasteiger partial charge in [-0.25, -0.2) is 9.97 Å². The van der Waals surface area contributed by atoms with Crippen LogP contribution in [0.5, 0.6) is 0 Å². The highest BCUT2D eigenvalue weighted by Crippen LogP contribution is 2.27. The SMILES string of the molecule is Cc1cc(-c2cc3cnc(Nc4cccc(-c5nc[nH]n5)c4)cc3[nH]2)ccn1. The maximum absolute atomic E-state index is 4.54. The Hall–Kier alpha value is -4.00. The first kappa shape index (κ1) is 16.2. The number of hydrogen-bond donors (Lipinski definition) is 3. The van der Waals surface area contributed by atoms with Crippen molar-refractivity contribution in [1.82, 2.24) is 30.1 Å². The molecule has 4 heterocycles. The fourth-order valence-electron chi connectivity index (χ4n) is 3.19. The first-order valence-electron chi connectivity index (χ1n) is 8.90. The molecule has 7 heteroatoms. The quantitative estimate of drug-likeness (QED) is 0.436. The molecule has 0 radical (unpaired) electrons. The van der Waals surface area contributed by atoms with Gasteiger partial charge in [0.25, 0.3) is 0 Å². The zero-order valence-electron chi connectivity index (χ0n) is 15.1. The highest BCUT2D eigenvalue weighted by atomic mass is 15.2. The molecule has 0 aliphatic carbocycles. The number of aryl methyl sites for hydroxylation is 1. The second-order valence-electron chi connectivity index (χ2n) is 6.55. The third kappa shape index (κ3) is 3.09. The summed E-state index contributed by atoms with van der Waals surface area (Å²) in [5.41, 5.74) is 6.02. The number of nitrogens with one attached hydrogen (secondary N) is 3. The van der Waals surface area contributed by atoms with Crippen molar-refractivity contribution in [2.75, 3.05) is 5.32 Å². The van der Waals surface area contributed by atoms with Crippen molar-refractivity contribution >= 4 is 22.4 Å². The Morgan fingerprint density at radius 1 is 0.929 bits per heavy atom. The molecule has 136 valence electrons. The molecule has 0 unspecified atom stereocenters. The summed E-state index contributed by atoms with van der Waals surface area (Å²) in [6, 6.07) is 16.1. The predicted octanol–water partition coefficient (Wildman–Crippen LogP) is 4.46. The molecule has 5 aromatic rings. The van der Waals surface area contributed by atoms with Crippen molar-refractivity contribution in [2.45, 2.75) is 6.92 Å². The van der Waals surface area contributed by atoms with Crippen LogP contribution in [-0.4, -0.2) is 30.1 Å². The van der Waals surface area contributed by atoms with Crippen LogP contribution in [0.1, 0.15) is 5.69 Å². The number of H-pyrrole nitrogens is 2. The molecule has 0 saturated carbocycles. The van der Waals surface area contributed by atoms with Gasteiger partial charge in [-0.1, -0.05) is 12.1 Å². The summed E-state index contributed by atoms with van der Waals surface area (Å²) in [5, 5.41) is 11.3. The Bertz CT molecular complexity index is 1250. The van der Waals surface area contributed by atoms with Gasteiger partial charge in [-0.05, 0) is 37.3 Å². The van der Waals surface area contributed by atoms with Gasteiger partial charge < -0.3 is 10.3 Å². The van der Waals surface area contributed by atoms with Crippen LogP contribution in [0.3, 0.4) is 0 Å². The lowest BCUT2D eigenvalue weighted by Gasteiger charge is -2.06. The maximum Gasteiger partial charge on any atom is 0.180 e. The molecule has 0 spiro atoms. The Morgan fingerprint density at radius 3 is 2.75 bits per heavy atom. The molecule has 0 atom stereocenters. The predicted molar refractivity (Wildman–Crippen MR) is 109 cm³/mol. The largest absolute Gasteiger partial charge is 0.354 e. The number of fused-ring (bicyclic) bond motifs is 1. The normalized spacial score (nSPS) is 11.0. The minimum absolute atomic E-state index is 0.661. The standard InChI is InChI=1S/C21H17N7/c1-13-7-14(5-6-22-13)18-9-16-11-23-20(10-19(16)27-18)26-17-4-2-3-15(8-17)21-24-12-25-28-21/h2-12,27H,1H3,(H,23,26)(H,24,25,28). The molecule has 3 N–H and O–H groups in total. The topological polar surface area (TPSA) is 95.2 Å². The van der Waals surface area contributed by atoms with E-state index in [0.717, 1.165) is 44.9 Å². The molecule has 4 aromatic heterocycles. The molecule has 0 saturated heterocycles. The van der Waals surface area contributed by atoms with E-state index in [-0.39, 0.29) is 0 Å². The molecule has 0 amide bonds. The molecule has 1 aromatic carbocycles.